The van der Waals surface area contributed by atoms with Crippen molar-refractivity contribution in [2.75, 3.05) is 6.61 Å². The van der Waals surface area contributed by atoms with E-state index >= 15 is 0 Å². The number of esters is 3. The van der Waals surface area contributed by atoms with Gasteiger partial charge in [-0.2, -0.15) is 0 Å². The molecule has 0 spiro atoms. The van der Waals surface area contributed by atoms with Gasteiger partial charge in [0, 0.05) is 0 Å². The van der Waals surface area contributed by atoms with E-state index in [1.807, 2.05) is 20.8 Å². The Morgan fingerprint density at radius 3 is 1.92 bits per heavy atom. The molecular weight excluding hydrogens is 494 g/mol. The Hall–Kier alpha value is -3.14. The van der Waals surface area contributed by atoms with E-state index in [0.29, 0.717) is 24.8 Å². The molecule has 10 heteroatoms. The Labute approximate surface area is 225 Å². The van der Waals surface area contributed by atoms with E-state index in [1.54, 1.807) is 33.8 Å². The van der Waals surface area contributed by atoms with Crippen LogP contribution in [0.1, 0.15) is 79.7 Å². The van der Waals surface area contributed by atoms with Crippen molar-refractivity contribution >= 4 is 24.1 Å². The predicted octanol–water partition coefficient (Wildman–Crippen LogP) is 4.73. The topological polar surface area (TPSA) is 140 Å². The number of rotatable bonds is 15. The molecule has 1 aromatic rings. The number of ether oxygens (including phenoxy) is 5. The summed E-state index contributed by atoms with van der Waals surface area (Å²) in [4.78, 5) is 49.0. The SMILES string of the molecule is CCCC(C)OC(=O)OC[C@H](C)OC(=O)[C@@H](N)Cc1ccc(OC(=O)C(C)CC)c(OC(=O)C(C)CC)c1. The van der Waals surface area contributed by atoms with Crippen LogP contribution in [0.5, 0.6) is 11.5 Å². The molecule has 0 bridgehead atoms. The zero-order valence-corrected chi connectivity index (χ0v) is 23.6. The van der Waals surface area contributed by atoms with Gasteiger partial charge in [0.05, 0.1) is 11.8 Å². The Kier molecular flexibility index (Phi) is 14.4. The van der Waals surface area contributed by atoms with E-state index in [4.69, 9.17) is 29.4 Å². The first kappa shape index (κ1) is 32.9. The van der Waals surface area contributed by atoms with Gasteiger partial charge in [-0.1, -0.05) is 47.1 Å². The Morgan fingerprint density at radius 1 is 0.789 bits per heavy atom. The minimum absolute atomic E-state index is 0.0659. The normalized spacial score (nSPS) is 14.8. The third kappa shape index (κ3) is 11.5. The lowest BCUT2D eigenvalue weighted by Crippen LogP contribution is -2.37. The van der Waals surface area contributed by atoms with Gasteiger partial charge in [0.1, 0.15) is 24.9 Å². The van der Waals surface area contributed by atoms with Crippen LogP contribution in [-0.2, 0) is 35.0 Å². The van der Waals surface area contributed by atoms with E-state index in [9.17, 15) is 19.2 Å². The van der Waals surface area contributed by atoms with Crippen molar-refractivity contribution in [1.82, 2.24) is 0 Å². The highest BCUT2D eigenvalue weighted by molar-refractivity contribution is 5.79. The summed E-state index contributed by atoms with van der Waals surface area (Å²) in [5.74, 6) is -2.11. The first-order chi connectivity index (χ1) is 17.9. The fraction of sp³-hybridized carbons (Fsp3) is 0.643. The minimum atomic E-state index is -1.04. The third-order valence-electron chi connectivity index (χ3n) is 5.96. The fourth-order valence-electron chi connectivity index (χ4n) is 3.10. The molecule has 0 saturated carbocycles. The molecule has 0 radical (unpaired) electrons. The van der Waals surface area contributed by atoms with Crippen LogP contribution < -0.4 is 15.2 Å². The zero-order valence-electron chi connectivity index (χ0n) is 23.6. The Morgan fingerprint density at radius 2 is 1.37 bits per heavy atom. The highest BCUT2D eigenvalue weighted by Crippen LogP contribution is 2.31. The molecule has 0 heterocycles. The van der Waals surface area contributed by atoms with Crippen LogP contribution in [0.3, 0.4) is 0 Å². The maximum atomic E-state index is 12.5. The molecule has 38 heavy (non-hydrogen) atoms. The van der Waals surface area contributed by atoms with Crippen LogP contribution in [0.2, 0.25) is 0 Å². The quantitative estimate of drug-likeness (QED) is 0.246. The van der Waals surface area contributed by atoms with Gasteiger partial charge in [-0.25, -0.2) is 4.79 Å². The molecule has 0 aliphatic rings. The maximum absolute atomic E-state index is 12.5. The molecule has 214 valence electrons. The number of carbonyl (C=O) groups excluding carboxylic acids is 4. The average Bonchev–Trinajstić information content (AvgIpc) is 2.87. The Balaban J connectivity index is 2.83. The highest BCUT2D eigenvalue weighted by atomic mass is 16.7. The van der Waals surface area contributed by atoms with Gasteiger partial charge >= 0.3 is 24.1 Å². The van der Waals surface area contributed by atoms with Crippen molar-refractivity contribution in [1.29, 1.82) is 0 Å². The van der Waals surface area contributed by atoms with Crippen LogP contribution in [-0.4, -0.2) is 48.9 Å². The van der Waals surface area contributed by atoms with Crippen LogP contribution in [0.25, 0.3) is 0 Å². The van der Waals surface area contributed by atoms with Gasteiger partial charge in [-0.3, -0.25) is 14.4 Å². The number of nitrogens with two attached hydrogens (primary N) is 1. The zero-order chi connectivity index (χ0) is 28.8. The fourth-order valence-corrected chi connectivity index (χ4v) is 3.10. The van der Waals surface area contributed by atoms with Crippen molar-refractivity contribution < 1.29 is 42.9 Å². The second kappa shape index (κ2) is 16.7. The summed E-state index contributed by atoms with van der Waals surface area (Å²) in [6, 6.07) is 3.62. The van der Waals surface area contributed by atoms with Crippen molar-refractivity contribution in [3.63, 3.8) is 0 Å². The van der Waals surface area contributed by atoms with Gasteiger partial charge in [0.2, 0.25) is 0 Å². The second-order valence-corrected chi connectivity index (χ2v) is 9.58. The molecule has 5 atom stereocenters. The highest BCUT2D eigenvalue weighted by Gasteiger charge is 2.23. The van der Waals surface area contributed by atoms with E-state index in [1.165, 1.54) is 12.1 Å². The molecule has 2 N–H and O–H groups in total. The lowest BCUT2D eigenvalue weighted by Gasteiger charge is -2.19. The number of hydrogen-bond acceptors (Lipinski definition) is 10. The van der Waals surface area contributed by atoms with E-state index in [0.717, 1.165) is 6.42 Å². The van der Waals surface area contributed by atoms with Crippen LogP contribution in [0, 0.1) is 11.8 Å². The molecule has 10 nitrogen and oxygen atoms in total. The third-order valence-corrected chi connectivity index (χ3v) is 5.96. The average molecular weight is 538 g/mol. The van der Waals surface area contributed by atoms with E-state index < -0.39 is 36.2 Å². The van der Waals surface area contributed by atoms with Crippen molar-refractivity contribution in [3.05, 3.63) is 23.8 Å². The number of benzene rings is 1. The summed E-state index contributed by atoms with van der Waals surface area (Å²) >= 11 is 0. The molecular formula is C28H43NO9. The van der Waals surface area contributed by atoms with Gasteiger partial charge in [0.25, 0.3) is 0 Å². The molecule has 0 aliphatic heterocycles. The van der Waals surface area contributed by atoms with Crippen LogP contribution in [0.15, 0.2) is 18.2 Å². The standard InChI is InChI=1S/C28H43NO9/c1-8-11-19(6)36-28(33)34-16-20(7)35-27(32)22(29)14-21-12-13-23(37-25(30)17(4)9-2)24(15-21)38-26(31)18(5)10-3/h12-13,15,17-20,22H,8-11,14,16,29H2,1-7H3/t17?,18?,19?,20-,22-/m0/s1. The molecule has 0 fully saturated rings. The van der Waals surface area contributed by atoms with E-state index in [-0.39, 0.29) is 42.5 Å². The molecule has 1 rings (SSSR count). The van der Waals surface area contributed by atoms with Crippen LogP contribution >= 0.6 is 0 Å². The van der Waals surface area contributed by atoms with Gasteiger partial charge in [-0.15, -0.1) is 0 Å². The second-order valence-electron chi connectivity index (χ2n) is 9.58. The summed E-state index contributed by atoms with van der Waals surface area (Å²) in [5.41, 5.74) is 6.62. The largest absolute Gasteiger partial charge is 0.508 e. The molecule has 0 aromatic heterocycles. The van der Waals surface area contributed by atoms with E-state index in [2.05, 4.69) is 0 Å². The maximum Gasteiger partial charge on any atom is 0.508 e. The molecule has 3 unspecified atom stereocenters. The lowest BCUT2D eigenvalue weighted by atomic mass is 10.1. The first-order valence-corrected chi connectivity index (χ1v) is 13.3. The Bertz CT molecular complexity index is 933. The monoisotopic (exact) mass is 537 g/mol. The molecule has 1 aromatic carbocycles. The van der Waals surface area contributed by atoms with Crippen molar-refractivity contribution in [2.45, 2.75) is 98.8 Å². The summed E-state index contributed by atoms with van der Waals surface area (Å²) in [6.07, 6.45) is 0.994. The number of carbonyl (C=O) groups is 4. The number of hydrogen-bond donors (Lipinski definition) is 1. The molecule has 0 aliphatic carbocycles. The predicted molar refractivity (Wildman–Crippen MR) is 141 cm³/mol. The van der Waals surface area contributed by atoms with Gasteiger partial charge in [-0.05, 0) is 57.2 Å². The van der Waals surface area contributed by atoms with Crippen molar-refractivity contribution in [2.24, 2.45) is 17.6 Å². The minimum Gasteiger partial charge on any atom is -0.458 e. The summed E-state index contributed by atoms with van der Waals surface area (Å²) in [7, 11) is 0. The summed E-state index contributed by atoms with van der Waals surface area (Å²) in [6.45, 7) is 12.3. The van der Waals surface area contributed by atoms with Gasteiger partial charge < -0.3 is 29.4 Å². The van der Waals surface area contributed by atoms with Crippen LogP contribution in [0.4, 0.5) is 4.79 Å². The lowest BCUT2D eigenvalue weighted by molar-refractivity contribution is -0.152. The molecule has 0 amide bonds. The van der Waals surface area contributed by atoms with Gasteiger partial charge in [0.15, 0.2) is 11.5 Å². The first-order valence-electron chi connectivity index (χ1n) is 13.3. The molecule has 0 saturated heterocycles. The van der Waals surface area contributed by atoms with Crippen molar-refractivity contribution in [3.8, 4) is 11.5 Å². The summed E-state index contributed by atoms with van der Waals surface area (Å²) < 4.78 is 26.4. The smallest absolute Gasteiger partial charge is 0.458 e. The summed E-state index contributed by atoms with van der Waals surface area (Å²) in [5, 5.41) is 0.